The zero-order valence-corrected chi connectivity index (χ0v) is 11.4. The van der Waals surface area contributed by atoms with Crippen molar-refractivity contribution >= 4 is 11.6 Å². The Morgan fingerprint density at radius 3 is 2.68 bits per heavy atom. The van der Waals surface area contributed by atoms with Gasteiger partial charge in [0.2, 0.25) is 0 Å². The summed E-state index contributed by atoms with van der Waals surface area (Å²) in [5, 5.41) is 0.675. The van der Waals surface area contributed by atoms with Crippen molar-refractivity contribution in [2.75, 3.05) is 0 Å². The van der Waals surface area contributed by atoms with Crippen LogP contribution in [0.5, 0.6) is 0 Å². The molecule has 0 radical (unpaired) electrons. The second-order valence-corrected chi connectivity index (χ2v) is 5.05. The zero-order chi connectivity index (χ0) is 13.8. The van der Waals surface area contributed by atoms with Crippen molar-refractivity contribution < 1.29 is 4.39 Å². The fourth-order valence-corrected chi connectivity index (χ4v) is 2.44. The van der Waals surface area contributed by atoms with Crippen molar-refractivity contribution in [3.8, 4) is 0 Å². The highest BCUT2D eigenvalue weighted by Gasteiger charge is 2.12. The lowest BCUT2D eigenvalue weighted by Gasteiger charge is -2.17. The van der Waals surface area contributed by atoms with Crippen molar-refractivity contribution in [3.05, 3.63) is 70.0 Å². The molecule has 2 aromatic rings. The van der Waals surface area contributed by atoms with Gasteiger partial charge in [-0.2, -0.15) is 0 Å². The molecule has 0 aromatic heterocycles. The van der Waals surface area contributed by atoms with E-state index in [1.807, 2.05) is 31.2 Å². The van der Waals surface area contributed by atoms with E-state index >= 15 is 0 Å². The monoisotopic (exact) mass is 278 g/mol. The molecule has 2 rings (SSSR count). The van der Waals surface area contributed by atoms with Crippen LogP contribution in [-0.2, 0) is 6.42 Å². The Labute approximate surface area is 117 Å². The number of rotatable bonds is 4. The minimum atomic E-state index is -0.240. The van der Waals surface area contributed by atoms with Crippen molar-refractivity contribution in [1.29, 1.82) is 0 Å². The lowest BCUT2D eigenvalue weighted by Crippen LogP contribution is -2.29. The molecule has 2 nitrogen and oxygen atoms in total. The molecule has 100 valence electrons. The quantitative estimate of drug-likeness (QED) is 0.663. The molecular weight excluding hydrogens is 263 g/mol. The molecule has 4 heteroatoms. The molecule has 0 aliphatic carbocycles. The van der Waals surface area contributed by atoms with Crippen LogP contribution in [0.15, 0.2) is 42.5 Å². The van der Waals surface area contributed by atoms with Crippen LogP contribution in [-0.4, -0.2) is 0 Å². The maximum absolute atomic E-state index is 13.2. The number of hydrogen-bond acceptors (Lipinski definition) is 2. The maximum Gasteiger partial charge on any atom is 0.123 e. The highest BCUT2D eigenvalue weighted by Crippen LogP contribution is 2.23. The fraction of sp³-hybridized carbons (Fsp3) is 0.200. The zero-order valence-electron chi connectivity index (χ0n) is 10.7. The van der Waals surface area contributed by atoms with E-state index < -0.39 is 0 Å². The van der Waals surface area contributed by atoms with Gasteiger partial charge in [0.25, 0.3) is 0 Å². The summed E-state index contributed by atoms with van der Waals surface area (Å²) in [6, 6.07) is 12.2. The summed E-state index contributed by atoms with van der Waals surface area (Å²) < 4.78 is 13.2. The minimum absolute atomic E-state index is 0.0980. The van der Waals surface area contributed by atoms with E-state index in [0.717, 1.165) is 16.7 Å². The Kier molecular flexibility index (Phi) is 4.53. The molecule has 19 heavy (non-hydrogen) atoms. The molecular formula is C15H16ClFN2. The van der Waals surface area contributed by atoms with Gasteiger partial charge in [0.15, 0.2) is 0 Å². The van der Waals surface area contributed by atoms with E-state index in [4.69, 9.17) is 17.4 Å². The third-order valence-corrected chi connectivity index (χ3v) is 3.22. The molecule has 0 fully saturated rings. The van der Waals surface area contributed by atoms with Crippen LogP contribution in [0, 0.1) is 12.7 Å². The van der Waals surface area contributed by atoms with Crippen molar-refractivity contribution in [1.82, 2.24) is 5.43 Å². The maximum atomic E-state index is 13.2. The van der Waals surface area contributed by atoms with Crippen LogP contribution in [0.3, 0.4) is 0 Å². The Balaban J connectivity index is 2.24. The van der Waals surface area contributed by atoms with E-state index in [9.17, 15) is 4.39 Å². The second kappa shape index (κ2) is 6.15. The molecule has 0 spiro atoms. The van der Waals surface area contributed by atoms with Gasteiger partial charge < -0.3 is 0 Å². The summed E-state index contributed by atoms with van der Waals surface area (Å²) >= 11 is 6.05. The van der Waals surface area contributed by atoms with Gasteiger partial charge >= 0.3 is 0 Å². The van der Waals surface area contributed by atoms with Crippen LogP contribution in [0.25, 0.3) is 0 Å². The number of hydrazine groups is 1. The first-order valence-corrected chi connectivity index (χ1v) is 6.44. The standard InChI is InChI=1S/C15H16ClFN2/c1-10-5-12(9-13(16)6-10)15(19-18)8-11-3-2-4-14(17)7-11/h2-7,9,15,19H,8,18H2,1H3. The van der Waals surface area contributed by atoms with Gasteiger partial charge in [-0.25, -0.2) is 4.39 Å². The van der Waals surface area contributed by atoms with Gasteiger partial charge in [-0.05, 0) is 54.3 Å². The molecule has 0 saturated heterocycles. The first-order chi connectivity index (χ1) is 9.08. The largest absolute Gasteiger partial charge is 0.271 e. The first-order valence-electron chi connectivity index (χ1n) is 6.06. The number of hydrogen-bond donors (Lipinski definition) is 2. The van der Waals surface area contributed by atoms with Gasteiger partial charge in [-0.3, -0.25) is 11.3 Å². The SMILES string of the molecule is Cc1cc(Cl)cc(C(Cc2cccc(F)c2)NN)c1. The summed E-state index contributed by atoms with van der Waals surface area (Å²) in [7, 11) is 0. The van der Waals surface area contributed by atoms with Gasteiger partial charge in [-0.15, -0.1) is 0 Å². The third-order valence-electron chi connectivity index (χ3n) is 3.00. The fourth-order valence-electron chi connectivity index (χ4n) is 2.14. The molecule has 3 N–H and O–H groups in total. The van der Waals surface area contributed by atoms with Gasteiger partial charge in [0.1, 0.15) is 5.82 Å². The normalized spacial score (nSPS) is 12.4. The number of nitrogens with one attached hydrogen (secondary N) is 1. The Morgan fingerprint density at radius 1 is 1.26 bits per heavy atom. The van der Waals surface area contributed by atoms with Crippen LogP contribution in [0.4, 0.5) is 4.39 Å². The van der Waals surface area contributed by atoms with Crippen molar-refractivity contribution in [3.63, 3.8) is 0 Å². The van der Waals surface area contributed by atoms with Crippen molar-refractivity contribution in [2.24, 2.45) is 5.84 Å². The van der Waals surface area contributed by atoms with Gasteiger partial charge in [-0.1, -0.05) is 29.8 Å². The Morgan fingerprint density at radius 2 is 2.05 bits per heavy atom. The average molecular weight is 279 g/mol. The molecule has 1 atom stereocenters. The molecule has 0 amide bonds. The summed E-state index contributed by atoms with van der Waals surface area (Å²) in [6.07, 6.45) is 0.605. The number of nitrogens with two attached hydrogens (primary N) is 1. The van der Waals surface area contributed by atoms with Crippen LogP contribution < -0.4 is 11.3 Å². The second-order valence-electron chi connectivity index (χ2n) is 4.62. The molecule has 0 bridgehead atoms. The number of aryl methyl sites for hydroxylation is 1. The summed E-state index contributed by atoms with van der Waals surface area (Å²) in [5.74, 6) is 5.36. The van der Waals surface area contributed by atoms with Crippen LogP contribution in [0.2, 0.25) is 5.02 Å². The highest BCUT2D eigenvalue weighted by molar-refractivity contribution is 6.30. The topological polar surface area (TPSA) is 38.0 Å². The molecule has 1 unspecified atom stereocenters. The predicted octanol–water partition coefficient (Wildman–Crippen LogP) is 3.53. The highest BCUT2D eigenvalue weighted by atomic mass is 35.5. The van der Waals surface area contributed by atoms with Gasteiger partial charge in [0, 0.05) is 5.02 Å². The van der Waals surface area contributed by atoms with E-state index in [1.165, 1.54) is 12.1 Å². The lowest BCUT2D eigenvalue weighted by atomic mass is 9.98. The molecule has 0 aliphatic heterocycles. The predicted molar refractivity (Wildman–Crippen MR) is 76.4 cm³/mol. The molecule has 2 aromatic carbocycles. The number of halogens is 2. The Bertz CT molecular complexity index is 552. The van der Waals surface area contributed by atoms with Crippen molar-refractivity contribution in [2.45, 2.75) is 19.4 Å². The molecule has 0 saturated carbocycles. The first kappa shape index (κ1) is 14.0. The average Bonchev–Trinajstić information content (AvgIpc) is 2.34. The molecule has 0 heterocycles. The minimum Gasteiger partial charge on any atom is -0.271 e. The van der Waals surface area contributed by atoms with E-state index in [1.54, 1.807) is 6.07 Å². The van der Waals surface area contributed by atoms with E-state index in [2.05, 4.69) is 5.43 Å². The van der Waals surface area contributed by atoms with E-state index in [-0.39, 0.29) is 11.9 Å². The lowest BCUT2D eigenvalue weighted by molar-refractivity contribution is 0.548. The smallest absolute Gasteiger partial charge is 0.123 e. The van der Waals surface area contributed by atoms with E-state index in [0.29, 0.717) is 11.4 Å². The summed E-state index contributed by atoms with van der Waals surface area (Å²) in [5.41, 5.74) is 5.72. The number of benzene rings is 2. The van der Waals surface area contributed by atoms with Gasteiger partial charge in [0.05, 0.1) is 6.04 Å². The third kappa shape index (κ3) is 3.77. The van der Waals surface area contributed by atoms with Crippen LogP contribution in [0.1, 0.15) is 22.7 Å². The summed E-state index contributed by atoms with van der Waals surface area (Å²) in [6.45, 7) is 1.98. The van der Waals surface area contributed by atoms with Crippen LogP contribution >= 0.6 is 11.6 Å². The summed E-state index contributed by atoms with van der Waals surface area (Å²) in [4.78, 5) is 0. The molecule has 0 aliphatic rings. The Hall–Kier alpha value is -1.42.